The van der Waals surface area contributed by atoms with Gasteiger partial charge in [0.15, 0.2) is 11.6 Å². The van der Waals surface area contributed by atoms with Crippen molar-refractivity contribution >= 4 is 0 Å². The fourth-order valence-corrected chi connectivity index (χ4v) is 1.50. The maximum atomic E-state index is 13.4. The third-order valence-corrected chi connectivity index (χ3v) is 2.35. The monoisotopic (exact) mass is 218 g/mol. The summed E-state index contributed by atoms with van der Waals surface area (Å²) in [6, 6.07) is 11.4. The minimum absolute atomic E-state index is 0.192. The van der Waals surface area contributed by atoms with Gasteiger partial charge in [0.2, 0.25) is 0 Å². The Hall–Kier alpha value is -2.03. The number of ether oxygens (including phenoxy) is 1. The quantitative estimate of drug-likeness (QED) is 0.838. The maximum Gasteiger partial charge on any atom is 0.165 e. The first-order chi connectivity index (χ1) is 7.70. The second-order valence-corrected chi connectivity index (χ2v) is 3.40. The molecule has 2 aromatic carbocycles. The number of halogens is 1. The predicted octanol–water partition coefficient (Wildman–Crippen LogP) is 3.21. The molecule has 16 heavy (non-hydrogen) atoms. The maximum absolute atomic E-state index is 13.4. The minimum Gasteiger partial charge on any atom is -0.508 e. The smallest absolute Gasteiger partial charge is 0.165 e. The van der Waals surface area contributed by atoms with Crippen LogP contribution >= 0.6 is 0 Å². The summed E-state index contributed by atoms with van der Waals surface area (Å²) in [5.41, 5.74) is 1.60. The summed E-state index contributed by atoms with van der Waals surface area (Å²) < 4.78 is 18.3. The minimum atomic E-state index is -0.395. The molecule has 0 bridgehead atoms. The zero-order valence-electron chi connectivity index (χ0n) is 8.77. The van der Waals surface area contributed by atoms with Crippen molar-refractivity contribution < 1.29 is 14.2 Å². The molecule has 82 valence electrons. The van der Waals surface area contributed by atoms with Gasteiger partial charge in [-0.15, -0.1) is 0 Å². The van der Waals surface area contributed by atoms with E-state index in [0.717, 1.165) is 11.1 Å². The number of methoxy groups -OCH3 is 1. The average Bonchev–Trinajstić information content (AvgIpc) is 2.30. The summed E-state index contributed by atoms with van der Waals surface area (Å²) in [5.74, 6) is 0.0216. The van der Waals surface area contributed by atoms with Crippen molar-refractivity contribution in [3.63, 3.8) is 0 Å². The molecule has 2 nitrogen and oxygen atoms in total. The van der Waals surface area contributed by atoms with Crippen LogP contribution in [0.4, 0.5) is 4.39 Å². The van der Waals surface area contributed by atoms with Crippen LogP contribution in [0.5, 0.6) is 11.5 Å². The molecule has 0 heterocycles. The average molecular weight is 218 g/mol. The summed E-state index contributed by atoms with van der Waals surface area (Å²) in [6.45, 7) is 0. The Balaban J connectivity index is 2.41. The molecule has 0 spiro atoms. The van der Waals surface area contributed by atoms with E-state index in [0.29, 0.717) is 0 Å². The van der Waals surface area contributed by atoms with Gasteiger partial charge in [-0.05, 0) is 35.4 Å². The van der Waals surface area contributed by atoms with Gasteiger partial charge >= 0.3 is 0 Å². The molecule has 0 atom stereocenters. The first kappa shape index (κ1) is 10.5. The van der Waals surface area contributed by atoms with Crippen LogP contribution in [0.2, 0.25) is 0 Å². The second kappa shape index (κ2) is 4.23. The number of phenolic OH excluding ortho intramolecular Hbond substituents is 1. The van der Waals surface area contributed by atoms with Gasteiger partial charge in [0.1, 0.15) is 5.75 Å². The van der Waals surface area contributed by atoms with E-state index in [4.69, 9.17) is 9.84 Å². The van der Waals surface area contributed by atoms with E-state index in [9.17, 15) is 4.39 Å². The number of rotatable bonds is 2. The van der Waals surface area contributed by atoms with Crippen LogP contribution in [0.15, 0.2) is 42.5 Å². The highest BCUT2D eigenvalue weighted by atomic mass is 19.1. The van der Waals surface area contributed by atoms with E-state index in [1.54, 1.807) is 36.4 Å². The summed E-state index contributed by atoms with van der Waals surface area (Å²) in [7, 11) is 1.43. The number of benzene rings is 2. The zero-order chi connectivity index (χ0) is 11.5. The summed E-state index contributed by atoms with van der Waals surface area (Å²) in [4.78, 5) is 0. The Labute approximate surface area is 92.9 Å². The van der Waals surface area contributed by atoms with Crippen LogP contribution in [-0.4, -0.2) is 12.2 Å². The van der Waals surface area contributed by atoms with E-state index < -0.39 is 5.82 Å². The van der Waals surface area contributed by atoms with Gasteiger partial charge in [-0.3, -0.25) is 0 Å². The summed E-state index contributed by atoms with van der Waals surface area (Å²) >= 11 is 0. The number of hydrogen-bond acceptors (Lipinski definition) is 2. The highest BCUT2D eigenvalue weighted by Crippen LogP contribution is 2.26. The molecule has 0 aromatic heterocycles. The van der Waals surface area contributed by atoms with Crippen LogP contribution in [-0.2, 0) is 0 Å². The molecule has 2 rings (SSSR count). The Bertz CT molecular complexity index is 492. The molecular weight excluding hydrogens is 207 g/mol. The third-order valence-electron chi connectivity index (χ3n) is 2.35. The Morgan fingerprint density at radius 2 is 1.62 bits per heavy atom. The Morgan fingerprint density at radius 1 is 1.00 bits per heavy atom. The lowest BCUT2D eigenvalue weighted by molar-refractivity contribution is 0.386. The van der Waals surface area contributed by atoms with Crippen molar-refractivity contribution in [1.82, 2.24) is 0 Å². The zero-order valence-corrected chi connectivity index (χ0v) is 8.77. The first-order valence-electron chi connectivity index (χ1n) is 4.83. The fraction of sp³-hybridized carbons (Fsp3) is 0.0769. The lowest BCUT2D eigenvalue weighted by Gasteiger charge is -2.05. The van der Waals surface area contributed by atoms with Gasteiger partial charge in [-0.25, -0.2) is 4.39 Å². The van der Waals surface area contributed by atoms with E-state index in [2.05, 4.69) is 0 Å². The summed E-state index contributed by atoms with van der Waals surface area (Å²) in [5, 5.41) is 9.15. The number of hydrogen-bond donors (Lipinski definition) is 1. The van der Waals surface area contributed by atoms with Crippen molar-refractivity contribution in [2.45, 2.75) is 0 Å². The molecular formula is C13H11FO2. The number of phenols is 1. The van der Waals surface area contributed by atoms with E-state index in [1.165, 1.54) is 13.2 Å². The van der Waals surface area contributed by atoms with Crippen molar-refractivity contribution in [3.05, 3.63) is 48.3 Å². The molecule has 1 N–H and O–H groups in total. The molecule has 0 aliphatic carbocycles. The lowest BCUT2D eigenvalue weighted by Crippen LogP contribution is -1.88. The standard InChI is InChI=1S/C13H11FO2/c1-16-13-7-4-10(8-12(13)14)9-2-5-11(15)6-3-9/h2-8,15H,1H3. The van der Waals surface area contributed by atoms with Crippen molar-refractivity contribution in [2.75, 3.05) is 7.11 Å². The highest BCUT2D eigenvalue weighted by Gasteiger charge is 2.04. The largest absolute Gasteiger partial charge is 0.508 e. The van der Waals surface area contributed by atoms with Gasteiger partial charge in [-0.2, -0.15) is 0 Å². The Kier molecular flexibility index (Phi) is 2.77. The van der Waals surface area contributed by atoms with Crippen LogP contribution < -0.4 is 4.74 Å². The number of aromatic hydroxyl groups is 1. The molecule has 0 unspecified atom stereocenters. The first-order valence-corrected chi connectivity index (χ1v) is 4.83. The van der Waals surface area contributed by atoms with Crippen LogP contribution in [0.25, 0.3) is 11.1 Å². The van der Waals surface area contributed by atoms with Crippen LogP contribution in [0.3, 0.4) is 0 Å². The topological polar surface area (TPSA) is 29.5 Å². The molecule has 0 amide bonds. The molecule has 3 heteroatoms. The molecule has 0 radical (unpaired) electrons. The SMILES string of the molecule is COc1ccc(-c2ccc(O)cc2)cc1F. The van der Waals surface area contributed by atoms with Gasteiger partial charge < -0.3 is 9.84 Å². The van der Waals surface area contributed by atoms with Crippen molar-refractivity contribution in [3.8, 4) is 22.6 Å². The fourth-order valence-electron chi connectivity index (χ4n) is 1.50. The molecule has 2 aromatic rings. The molecule has 0 aliphatic rings. The molecule has 0 saturated carbocycles. The van der Waals surface area contributed by atoms with Crippen molar-refractivity contribution in [1.29, 1.82) is 0 Å². The third kappa shape index (κ3) is 1.98. The lowest BCUT2D eigenvalue weighted by atomic mass is 10.1. The van der Waals surface area contributed by atoms with Gasteiger partial charge in [0, 0.05) is 0 Å². The van der Waals surface area contributed by atoms with Gasteiger partial charge in [0.05, 0.1) is 7.11 Å². The van der Waals surface area contributed by atoms with Crippen LogP contribution in [0, 0.1) is 5.82 Å². The molecule has 0 saturated heterocycles. The normalized spacial score (nSPS) is 10.1. The van der Waals surface area contributed by atoms with E-state index >= 15 is 0 Å². The van der Waals surface area contributed by atoms with Gasteiger partial charge in [0.25, 0.3) is 0 Å². The molecule has 0 fully saturated rings. The summed E-state index contributed by atoms with van der Waals surface area (Å²) in [6.07, 6.45) is 0. The van der Waals surface area contributed by atoms with E-state index in [1.807, 2.05) is 0 Å². The second-order valence-electron chi connectivity index (χ2n) is 3.40. The predicted molar refractivity (Wildman–Crippen MR) is 60.1 cm³/mol. The highest BCUT2D eigenvalue weighted by molar-refractivity contribution is 5.65. The van der Waals surface area contributed by atoms with Crippen LogP contribution in [0.1, 0.15) is 0 Å². The molecule has 0 aliphatic heterocycles. The van der Waals surface area contributed by atoms with Crippen molar-refractivity contribution in [2.24, 2.45) is 0 Å². The van der Waals surface area contributed by atoms with E-state index in [-0.39, 0.29) is 11.5 Å². The Morgan fingerprint density at radius 3 is 2.19 bits per heavy atom. The van der Waals surface area contributed by atoms with Gasteiger partial charge in [-0.1, -0.05) is 18.2 Å².